The van der Waals surface area contributed by atoms with Crippen LogP contribution in [-0.2, 0) is 5.75 Å². The van der Waals surface area contributed by atoms with Gasteiger partial charge in [0.15, 0.2) is 5.82 Å². The molecule has 1 aliphatic rings. The Morgan fingerprint density at radius 2 is 1.93 bits per heavy atom. The van der Waals surface area contributed by atoms with Crippen molar-refractivity contribution in [2.45, 2.75) is 10.6 Å². The normalized spacial score (nSPS) is 13.9. The van der Waals surface area contributed by atoms with Gasteiger partial charge in [-0.2, -0.15) is 4.68 Å². The Morgan fingerprint density at radius 1 is 1.15 bits per heavy atom. The lowest BCUT2D eigenvalue weighted by atomic mass is 10.0. The number of hydrogen-bond donors (Lipinski definition) is 2. The largest absolute Gasteiger partial charge is 0.352 e. The average Bonchev–Trinajstić information content (AvgIpc) is 3.14. The van der Waals surface area contributed by atoms with Gasteiger partial charge in [0.05, 0.1) is 17.0 Å². The topological polar surface area (TPSA) is 84.7 Å². The number of carbonyl (C=O) groups is 1. The molecule has 0 radical (unpaired) electrons. The molecular formula is C19H20N6OS. The fraction of sp³-hybridized carbons (Fsp3) is 0.263. The zero-order chi connectivity index (χ0) is 18.5. The molecule has 3 aromatic rings. The van der Waals surface area contributed by atoms with Crippen molar-refractivity contribution in [3.8, 4) is 5.69 Å². The zero-order valence-electron chi connectivity index (χ0n) is 14.7. The Morgan fingerprint density at radius 3 is 2.70 bits per heavy atom. The standard InChI is InChI=1S/C19H20N6OS/c26-19(21-12-14-10-20-11-14)16-8-4-5-9-17(16)27-13-18-22-23-24-25(18)15-6-2-1-3-7-15/h1-9,14,20H,10-13H2,(H,21,26). The number of carbonyl (C=O) groups excluding carboxylic acids is 1. The first kappa shape index (κ1) is 17.7. The van der Waals surface area contributed by atoms with Crippen LogP contribution >= 0.6 is 11.8 Å². The van der Waals surface area contributed by atoms with E-state index in [4.69, 9.17) is 0 Å². The van der Waals surface area contributed by atoms with Crippen LogP contribution < -0.4 is 10.6 Å². The first-order chi connectivity index (χ1) is 13.3. The maximum Gasteiger partial charge on any atom is 0.252 e. The van der Waals surface area contributed by atoms with Crippen LogP contribution in [-0.4, -0.2) is 45.7 Å². The summed E-state index contributed by atoms with van der Waals surface area (Å²) in [5, 5.41) is 18.3. The molecule has 0 bridgehead atoms. The van der Waals surface area contributed by atoms with Crippen molar-refractivity contribution in [2.75, 3.05) is 19.6 Å². The van der Waals surface area contributed by atoms with Crippen LogP contribution in [0.3, 0.4) is 0 Å². The summed E-state index contributed by atoms with van der Waals surface area (Å²) in [6.07, 6.45) is 0. The van der Waals surface area contributed by atoms with Gasteiger partial charge in [0.1, 0.15) is 0 Å². The second-order valence-electron chi connectivity index (χ2n) is 6.36. The van der Waals surface area contributed by atoms with Crippen molar-refractivity contribution in [3.63, 3.8) is 0 Å². The van der Waals surface area contributed by atoms with Crippen molar-refractivity contribution in [2.24, 2.45) is 5.92 Å². The Hall–Kier alpha value is -2.71. The molecule has 7 nitrogen and oxygen atoms in total. The average molecular weight is 380 g/mol. The molecule has 0 aliphatic carbocycles. The lowest BCUT2D eigenvalue weighted by Crippen LogP contribution is -2.48. The molecule has 138 valence electrons. The molecule has 1 amide bonds. The van der Waals surface area contributed by atoms with Crippen LogP contribution in [0.25, 0.3) is 5.69 Å². The third kappa shape index (κ3) is 4.17. The highest BCUT2D eigenvalue weighted by Crippen LogP contribution is 2.26. The fourth-order valence-corrected chi connectivity index (χ4v) is 3.77. The first-order valence-corrected chi connectivity index (χ1v) is 9.83. The molecule has 0 atom stereocenters. The highest BCUT2D eigenvalue weighted by atomic mass is 32.2. The van der Waals surface area contributed by atoms with Gasteiger partial charge in [0.25, 0.3) is 5.91 Å². The van der Waals surface area contributed by atoms with Crippen molar-refractivity contribution in [1.82, 2.24) is 30.8 Å². The molecule has 1 aromatic heterocycles. The minimum Gasteiger partial charge on any atom is -0.352 e. The first-order valence-electron chi connectivity index (χ1n) is 8.84. The molecular weight excluding hydrogens is 360 g/mol. The highest BCUT2D eigenvalue weighted by Gasteiger charge is 2.19. The Bertz CT molecular complexity index is 909. The second-order valence-corrected chi connectivity index (χ2v) is 7.38. The minimum atomic E-state index is -0.0346. The van der Waals surface area contributed by atoms with E-state index >= 15 is 0 Å². The van der Waals surface area contributed by atoms with Gasteiger partial charge >= 0.3 is 0 Å². The van der Waals surface area contributed by atoms with E-state index < -0.39 is 0 Å². The monoisotopic (exact) mass is 380 g/mol. The molecule has 1 fully saturated rings. The van der Waals surface area contributed by atoms with Crippen molar-refractivity contribution >= 4 is 17.7 Å². The van der Waals surface area contributed by atoms with E-state index in [-0.39, 0.29) is 5.91 Å². The lowest BCUT2D eigenvalue weighted by molar-refractivity contribution is 0.0939. The summed E-state index contributed by atoms with van der Waals surface area (Å²) in [5.41, 5.74) is 1.60. The van der Waals surface area contributed by atoms with Crippen LogP contribution in [0.15, 0.2) is 59.5 Å². The highest BCUT2D eigenvalue weighted by molar-refractivity contribution is 7.98. The van der Waals surface area contributed by atoms with E-state index in [2.05, 4.69) is 26.2 Å². The third-order valence-electron chi connectivity index (χ3n) is 4.44. The van der Waals surface area contributed by atoms with Crippen LogP contribution in [0.5, 0.6) is 0 Å². The van der Waals surface area contributed by atoms with Crippen molar-refractivity contribution in [1.29, 1.82) is 0 Å². The van der Waals surface area contributed by atoms with Gasteiger partial charge < -0.3 is 10.6 Å². The number of nitrogens with zero attached hydrogens (tertiary/aromatic N) is 4. The Balaban J connectivity index is 1.45. The molecule has 1 saturated heterocycles. The van der Waals surface area contributed by atoms with Crippen LogP contribution in [0.1, 0.15) is 16.2 Å². The molecule has 2 aromatic carbocycles. The van der Waals surface area contributed by atoms with Crippen molar-refractivity contribution < 1.29 is 4.79 Å². The van der Waals surface area contributed by atoms with E-state index in [9.17, 15) is 4.79 Å². The molecule has 4 rings (SSSR count). The number of para-hydroxylation sites is 1. The quantitative estimate of drug-likeness (QED) is 0.609. The third-order valence-corrected chi connectivity index (χ3v) is 5.51. The molecule has 0 unspecified atom stereocenters. The van der Waals surface area contributed by atoms with Gasteiger partial charge in [-0.15, -0.1) is 16.9 Å². The van der Waals surface area contributed by atoms with Crippen molar-refractivity contribution in [3.05, 3.63) is 66.0 Å². The zero-order valence-corrected chi connectivity index (χ0v) is 15.5. The number of nitrogens with one attached hydrogen (secondary N) is 2. The van der Waals surface area contributed by atoms with E-state index in [0.29, 0.717) is 23.8 Å². The van der Waals surface area contributed by atoms with Crippen LogP contribution in [0, 0.1) is 5.92 Å². The summed E-state index contributed by atoms with van der Waals surface area (Å²) in [6.45, 7) is 2.65. The number of amides is 1. The number of hydrogen-bond acceptors (Lipinski definition) is 6. The van der Waals surface area contributed by atoms with Gasteiger partial charge in [-0.05, 0) is 34.7 Å². The maximum atomic E-state index is 12.6. The minimum absolute atomic E-state index is 0.0346. The summed E-state index contributed by atoms with van der Waals surface area (Å²) in [4.78, 5) is 13.5. The number of rotatable bonds is 7. The number of thioether (sulfide) groups is 1. The molecule has 0 saturated carbocycles. The molecule has 8 heteroatoms. The summed E-state index contributed by atoms with van der Waals surface area (Å²) in [5.74, 6) is 1.80. The number of tetrazole rings is 1. The maximum absolute atomic E-state index is 12.6. The molecule has 1 aliphatic heterocycles. The molecule has 2 heterocycles. The molecule has 2 N–H and O–H groups in total. The van der Waals surface area contributed by atoms with E-state index in [0.717, 1.165) is 29.5 Å². The molecule has 27 heavy (non-hydrogen) atoms. The lowest BCUT2D eigenvalue weighted by Gasteiger charge is -2.27. The van der Waals surface area contributed by atoms with Crippen LogP contribution in [0.4, 0.5) is 0 Å². The van der Waals surface area contributed by atoms with Gasteiger partial charge in [-0.25, -0.2) is 0 Å². The van der Waals surface area contributed by atoms with Gasteiger partial charge in [0.2, 0.25) is 0 Å². The number of aromatic nitrogens is 4. The predicted molar refractivity (Wildman–Crippen MR) is 104 cm³/mol. The summed E-state index contributed by atoms with van der Waals surface area (Å²) in [6, 6.07) is 17.4. The SMILES string of the molecule is O=C(NCC1CNC1)c1ccccc1SCc1nnnn1-c1ccccc1. The Kier molecular flexibility index (Phi) is 5.45. The predicted octanol–water partition coefficient (Wildman–Crippen LogP) is 1.90. The van der Waals surface area contributed by atoms with E-state index in [1.165, 1.54) is 0 Å². The van der Waals surface area contributed by atoms with Gasteiger partial charge in [-0.3, -0.25) is 4.79 Å². The smallest absolute Gasteiger partial charge is 0.252 e. The van der Waals surface area contributed by atoms with E-state index in [1.807, 2.05) is 54.6 Å². The number of benzene rings is 2. The van der Waals surface area contributed by atoms with Gasteiger partial charge in [0, 0.05) is 30.4 Å². The summed E-state index contributed by atoms with van der Waals surface area (Å²) >= 11 is 1.56. The van der Waals surface area contributed by atoms with E-state index in [1.54, 1.807) is 16.4 Å². The summed E-state index contributed by atoms with van der Waals surface area (Å²) < 4.78 is 1.72. The Labute approximate surface area is 161 Å². The second kappa shape index (κ2) is 8.32. The summed E-state index contributed by atoms with van der Waals surface area (Å²) in [7, 11) is 0. The molecule has 0 spiro atoms. The van der Waals surface area contributed by atoms with Gasteiger partial charge in [-0.1, -0.05) is 30.3 Å². The fourth-order valence-electron chi connectivity index (χ4n) is 2.81. The van der Waals surface area contributed by atoms with Crippen LogP contribution in [0.2, 0.25) is 0 Å².